The Kier molecular flexibility index (Phi) is 7.38. The van der Waals surface area contributed by atoms with Crippen LogP contribution in [0.4, 0.5) is 0 Å². The lowest BCUT2D eigenvalue weighted by Gasteiger charge is -2.12. The van der Waals surface area contributed by atoms with Gasteiger partial charge in [-0.15, -0.1) is 0 Å². The number of benzene rings is 1. The number of primary amides is 1. The number of rotatable bonds is 8. The van der Waals surface area contributed by atoms with Gasteiger partial charge >= 0.3 is 0 Å². The van der Waals surface area contributed by atoms with Crippen LogP contribution in [0.3, 0.4) is 0 Å². The molecule has 1 aromatic heterocycles. The molecule has 0 saturated heterocycles. The van der Waals surface area contributed by atoms with Gasteiger partial charge in [-0.1, -0.05) is 26.0 Å². The van der Waals surface area contributed by atoms with E-state index in [-0.39, 0.29) is 5.57 Å². The Hall–Kier alpha value is -3.33. The second kappa shape index (κ2) is 9.74. The quantitative estimate of drug-likeness (QED) is 0.533. The summed E-state index contributed by atoms with van der Waals surface area (Å²) in [5, 5.41) is 12.2. The predicted octanol–water partition coefficient (Wildman–Crippen LogP) is 3.13. The fraction of sp³-hybridized carbons (Fsp3) is 0.348. The number of aryl methyl sites for hydroxylation is 1. The van der Waals surface area contributed by atoms with Crippen LogP contribution in [0.2, 0.25) is 0 Å². The van der Waals surface area contributed by atoms with Gasteiger partial charge in [0, 0.05) is 30.0 Å². The maximum atomic E-state index is 12.4. The van der Waals surface area contributed by atoms with Gasteiger partial charge in [0.25, 0.3) is 5.91 Å². The fourth-order valence-electron chi connectivity index (χ4n) is 3.22. The smallest absolute Gasteiger partial charge is 0.261 e. The lowest BCUT2D eigenvalue weighted by Crippen LogP contribution is -2.26. The highest BCUT2D eigenvalue weighted by Crippen LogP contribution is 2.19. The molecule has 152 valence electrons. The van der Waals surface area contributed by atoms with Crippen molar-refractivity contribution in [3.8, 4) is 6.07 Å². The highest BCUT2D eigenvalue weighted by molar-refractivity contribution is 6.01. The highest BCUT2D eigenvalue weighted by Gasteiger charge is 2.13. The molecule has 0 atom stereocenters. The number of carbonyl (C=O) groups is 2. The Labute approximate surface area is 172 Å². The number of nitrogens with one attached hydrogen (secondary N) is 1. The highest BCUT2D eigenvalue weighted by atomic mass is 16.2. The summed E-state index contributed by atoms with van der Waals surface area (Å²) in [6.07, 6.45) is 2.18. The molecule has 0 aliphatic rings. The minimum Gasteiger partial charge on any atom is -0.366 e. The average molecular weight is 393 g/mol. The third kappa shape index (κ3) is 5.82. The third-order valence-corrected chi connectivity index (χ3v) is 4.74. The van der Waals surface area contributed by atoms with E-state index in [0.717, 1.165) is 29.1 Å². The zero-order chi connectivity index (χ0) is 21.6. The molecule has 6 nitrogen and oxygen atoms in total. The number of hydrogen-bond donors (Lipinski definition) is 2. The summed E-state index contributed by atoms with van der Waals surface area (Å²) in [4.78, 5) is 23.7. The van der Waals surface area contributed by atoms with Gasteiger partial charge < -0.3 is 15.6 Å². The second-order valence-corrected chi connectivity index (χ2v) is 7.57. The molecule has 1 heterocycles. The van der Waals surface area contributed by atoms with Crippen LogP contribution in [-0.4, -0.2) is 22.9 Å². The molecule has 0 spiro atoms. The molecule has 1 aromatic carbocycles. The van der Waals surface area contributed by atoms with E-state index in [1.54, 1.807) is 24.3 Å². The standard InChI is InChI=1S/C23H28N4O2/c1-15(2)14-27-16(3)10-20(17(27)4)12-21(13-24)23(29)26-9-8-18-6-5-7-19(11-18)22(25)28/h5-7,10-12,15H,8-9,14H2,1-4H3,(H2,25,28)(H,26,29)/b21-12+. The number of aromatic nitrogens is 1. The first-order valence-corrected chi connectivity index (χ1v) is 9.68. The van der Waals surface area contributed by atoms with Crippen molar-refractivity contribution in [1.29, 1.82) is 5.26 Å². The van der Waals surface area contributed by atoms with Crippen molar-refractivity contribution in [3.05, 3.63) is 64.0 Å². The van der Waals surface area contributed by atoms with Crippen LogP contribution in [0, 0.1) is 31.1 Å². The molecule has 0 bridgehead atoms. The molecule has 0 aliphatic carbocycles. The monoisotopic (exact) mass is 392 g/mol. The maximum absolute atomic E-state index is 12.4. The van der Waals surface area contributed by atoms with Crippen molar-refractivity contribution in [2.45, 2.75) is 40.7 Å². The van der Waals surface area contributed by atoms with Crippen molar-refractivity contribution in [2.75, 3.05) is 6.54 Å². The first kappa shape index (κ1) is 22.0. The molecule has 0 unspecified atom stereocenters. The Morgan fingerprint density at radius 1 is 1.28 bits per heavy atom. The van der Waals surface area contributed by atoms with E-state index in [0.29, 0.717) is 24.4 Å². The van der Waals surface area contributed by atoms with Gasteiger partial charge in [-0.25, -0.2) is 0 Å². The van der Waals surface area contributed by atoms with Crippen LogP contribution in [0.15, 0.2) is 35.9 Å². The van der Waals surface area contributed by atoms with Crippen LogP contribution < -0.4 is 11.1 Å². The van der Waals surface area contributed by atoms with Crippen LogP contribution in [0.5, 0.6) is 0 Å². The molecule has 0 radical (unpaired) electrons. The van der Waals surface area contributed by atoms with Crippen LogP contribution in [0.1, 0.15) is 46.7 Å². The van der Waals surface area contributed by atoms with Gasteiger partial charge in [0.1, 0.15) is 11.6 Å². The largest absolute Gasteiger partial charge is 0.366 e. The maximum Gasteiger partial charge on any atom is 0.261 e. The van der Waals surface area contributed by atoms with Gasteiger partial charge in [-0.3, -0.25) is 9.59 Å². The van der Waals surface area contributed by atoms with Crippen molar-refractivity contribution in [1.82, 2.24) is 9.88 Å². The van der Waals surface area contributed by atoms with E-state index >= 15 is 0 Å². The van der Waals surface area contributed by atoms with Gasteiger partial charge in [0.05, 0.1) is 0 Å². The molecular weight excluding hydrogens is 364 g/mol. The van der Waals surface area contributed by atoms with E-state index < -0.39 is 11.8 Å². The Morgan fingerprint density at radius 2 is 2.00 bits per heavy atom. The zero-order valence-corrected chi connectivity index (χ0v) is 17.5. The Morgan fingerprint density at radius 3 is 2.62 bits per heavy atom. The molecule has 0 aliphatic heterocycles. The molecule has 2 rings (SSSR count). The number of carbonyl (C=O) groups excluding carboxylic acids is 2. The van der Waals surface area contributed by atoms with E-state index in [1.807, 2.05) is 32.0 Å². The first-order valence-electron chi connectivity index (χ1n) is 9.68. The van der Waals surface area contributed by atoms with E-state index in [9.17, 15) is 14.9 Å². The molecule has 2 amide bonds. The molecule has 0 saturated carbocycles. The Bertz CT molecular complexity index is 977. The van der Waals surface area contributed by atoms with E-state index in [4.69, 9.17) is 5.73 Å². The summed E-state index contributed by atoms with van der Waals surface area (Å²) < 4.78 is 2.20. The molecular formula is C23H28N4O2. The summed E-state index contributed by atoms with van der Waals surface area (Å²) in [5.74, 6) is -0.392. The van der Waals surface area contributed by atoms with E-state index in [2.05, 4.69) is 23.7 Å². The summed E-state index contributed by atoms with van der Waals surface area (Å²) in [5.41, 5.74) is 9.71. The van der Waals surface area contributed by atoms with Gasteiger partial charge in [0.15, 0.2) is 0 Å². The van der Waals surface area contributed by atoms with E-state index in [1.165, 1.54) is 0 Å². The summed E-state index contributed by atoms with van der Waals surface area (Å²) >= 11 is 0. The number of nitrogens with two attached hydrogens (primary N) is 1. The van der Waals surface area contributed by atoms with Crippen LogP contribution in [0.25, 0.3) is 6.08 Å². The lowest BCUT2D eigenvalue weighted by atomic mass is 10.1. The third-order valence-electron chi connectivity index (χ3n) is 4.74. The van der Waals surface area contributed by atoms with Crippen LogP contribution in [-0.2, 0) is 17.8 Å². The molecule has 0 fully saturated rings. The minimum atomic E-state index is -0.486. The average Bonchev–Trinajstić information content (AvgIpc) is 2.93. The molecule has 2 aromatic rings. The van der Waals surface area contributed by atoms with Crippen molar-refractivity contribution < 1.29 is 9.59 Å². The summed E-state index contributed by atoms with van der Waals surface area (Å²) in [7, 11) is 0. The van der Waals surface area contributed by atoms with Crippen molar-refractivity contribution >= 4 is 17.9 Å². The summed E-state index contributed by atoms with van der Waals surface area (Å²) in [6.45, 7) is 9.58. The lowest BCUT2D eigenvalue weighted by molar-refractivity contribution is -0.117. The van der Waals surface area contributed by atoms with Crippen LogP contribution >= 0.6 is 0 Å². The molecule has 29 heavy (non-hydrogen) atoms. The van der Waals surface area contributed by atoms with Gasteiger partial charge in [0.2, 0.25) is 5.91 Å². The topological polar surface area (TPSA) is 101 Å². The Balaban J connectivity index is 2.07. The normalized spacial score (nSPS) is 11.4. The SMILES string of the molecule is Cc1cc(/C=C(\C#N)C(=O)NCCc2cccc(C(N)=O)c2)c(C)n1CC(C)C. The van der Waals surface area contributed by atoms with Gasteiger partial charge in [-0.2, -0.15) is 5.26 Å². The minimum absolute atomic E-state index is 0.0701. The number of nitrogens with zero attached hydrogens (tertiary/aromatic N) is 2. The zero-order valence-electron chi connectivity index (χ0n) is 17.5. The van der Waals surface area contributed by atoms with Gasteiger partial charge in [-0.05, 0) is 61.6 Å². The van der Waals surface area contributed by atoms with Crippen molar-refractivity contribution in [2.24, 2.45) is 11.7 Å². The summed E-state index contributed by atoms with van der Waals surface area (Å²) in [6, 6.07) is 11.0. The van der Waals surface area contributed by atoms with Crippen molar-refractivity contribution in [3.63, 3.8) is 0 Å². The number of nitriles is 1. The number of hydrogen-bond acceptors (Lipinski definition) is 3. The first-order chi connectivity index (χ1) is 13.7. The second-order valence-electron chi connectivity index (χ2n) is 7.57. The molecule has 6 heteroatoms. The molecule has 3 N–H and O–H groups in total. The fourth-order valence-corrected chi connectivity index (χ4v) is 3.22. The predicted molar refractivity (Wildman–Crippen MR) is 114 cm³/mol. The number of amides is 2.